The Kier molecular flexibility index (Phi) is 6.92. The van der Waals surface area contributed by atoms with Crippen molar-refractivity contribution in [3.63, 3.8) is 0 Å². The molecule has 0 aliphatic heterocycles. The average molecular weight is 292 g/mol. The van der Waals surface area contributed by atoms with Crippen LogP contribution in [0.15, 0.2) is 12.1 Å². The lowest BCUT2D eigenvalue weighted by molar-refractivity contribution is 0.0650. The van der Waals surface area contributed by atoms with E-state index in [4.69, 9.17) is 5.11 Å². The van der Waals surface area contributed by atoms with E-state index in [1.165, 1.54) is 31.7 Å². The number of rotatable bonds is 9. The number of unbranched alkanes of at least 4 members (excludes halogenated alkanes) is 5. The molecule has 0 saturated carbocycles. The van der Waals surface area contributed by atoms with Crippen LogP contribution in [0.4, 0.5) is 0 Å². The molecule has 2 N–H and O–H groups in total. The van der Waals surface area contributed by atoms with E-state index in [2.05, 4.69) is 6.92 Å². The second-order valence-corrected chi connectivity index (χ2v) is 5.40. The Morgan fingerprint density at radius 3 is 2.14 bits per heavy atom. The number of carbonyl (C=O) groups is 2. The van der Waals surface area contributed by atoms with Gasteiger partial charge in [0, 0.05) is 0 Å². The highest BCUT2D eigenvalue weighted by molar-refractivity contribution is 6.03. The highest BCUT2D eigenvalue weighted by atomic mass is 16.4. The maximum absolute atomic E-state index is 11.3. The molecule has 0 spiro atoms. The van der Waals surface area contributed by atoms with Gasteiger partial charge in [0.25, 0.3) is 0 Å². The molecular weight excluding hydrogens is 268 g/mol. The van der Waals surface area contributed by atoms with E-state index in [9.17, 15) is 14.7 Å². The lowest BCUT2D eigenvalue weighted by atomic mass is 9.93. The number of benzene rings is 1. The molecular formula is C17H24O4. The Bertz CT molecular complexity index is 506. The molecule has 4 nitrogen and oxygen atoms in total. The Balaban J connectivity index is 2.74. The van der Waals surface area contributed by atoms with Crippen LogP contribution in [0, 0.1) is 6.92 Å². The topological polar surface area (TPSA) is 74.6 Å². The van der Waals surface area contributed by atoms with Crippen LogP contribution in [0.2, 0.25) is 0 Å². The molecule has 1 aromatic carbocycles. The van der Waals surface area contributed by atoms with Crippen LogP contribution in [0.25, 0.3) is 0 Å². The second-order valence-electron chi connectivity index (χ2n) is 5.40. The SMILES string of the molecule is CCCCCCCCc1ccc(C(=O)O)c(C(=O)O)c1C. The van der Waals surface area contributed by atoms with E-state index in [1.54, 1.807) is 13.0 Å². The molecule has 0 aromatic heterocycles. The summed E-state index contributed by atoms with van der Waals surface area (Å²) in [7, 11) is 0. The Morgan fingerprint density at radius 1 is 0.952 bits per heavy atom. The largest absolute Gasteiger partial charge is 0.478 e. The van der Waals surface area contributed by atoms with Crippen molar-refractivity contribution in [3.8, 4) is 0 Å². The molecule has 1 aromatic rings. The average Bonchev–Trinajstić information content (AvgIpc) is 2.43. The molecule has 0 unspecified atom stereocenters. The van der Waals surface area contributed by atoms with Crippen molar-refractivity contribution in [2.45, 2.75) is 58.8 Å². The van der Waals surface area contributed by atoms with Crippen LogP contribution in [-0.4, -0.2) is 22.2 Å². The zero-order valence-corrected chi connectivity index (χ0v) is 12.8. The molecule has 0 fully saturated rings. The molecule has 0 heterocycles. The summed E-state index contributed by atoms with van der Waals surface area (Å²) in [5.74, 6) is -2.36. The van der Waals surface area contributed by atoms with Crippen LogP contribution in [0.3, 0.4) is 0 Å². The van der Waals surface area contributed by atoms with E-state index in [0.717, 1.165) is 24.8 Å². The van der Waals surface area contributed by atoms with Crippen LogP contribution >= 0.6 is 0 Å². The Hall–Kier alpha value is -1.84. The van der Waals surface area contributed by atoms with Crippen LogP contribution in [-0.2, 0) is 6.42 Å². The minimum Gasteiger partial charge on any atom is -0.478 e. The summed E-state index contributed by atoms with van der Waals surface area (Å²) in [4.78, 5) is 22.4. The molecule has 4 heteroatoms. The summed E-state index contributed by atoms with van der Waals surface area (Å²) < 4.78 is 0. The van der Waals surface area contributed by atoms with Gasteiger partial charge in [0.2, 0.25) is 0 Å². The quantitative estimate of drug-likeness (QED) is 0.666. The number of hydrogen-bond donors (Lipinski definition) is 2. The zero-order valence-electron chi connectivity index (χ0n) is 12.8. The van der Waals surface area contributed by atoms with E-state index in [-0.39, 0.29) is 11.1 Å². The number of aryl methyl sites for hydroxylation is 1. The monoisotopic (exact) mass is 292 g/mol. The number of carboxylic acid groups (broad SMARTS) is 2. The van der Waals surface area contributed by atoms with Gasteiger partial charge in [-0.15, -0.1) is 0 Å². The molecule has 0 aliphatic carbocycles. The highest BCUT2D eigenvalue weighted by Crippen LogP contribution is 2.21. The van der Waals surface area contributed by atoms with Gasteiger partial charge in [-0.2, -0.15) is 0 Å². The molecule has 0 aliphatic rings. The third-order valence-corrected chi connectivity index (χ3v) is 3.82. The van der Waals surface area contributed by atoms with Gasteiger partial charge in [0.05, 0.1) is 11.1 Å². The Morgan fingerprint density at radius 2 is 1.57 bits per heavy atom. The minimum absolute atomic E-state index is 0.0778. The van der Waals surface area contributed by atoms with Gasteiger partial charge in [-0.1, -0.05) is 45.1 Å². The fourth-order valence-corrected chi connectivity index (χ4v) is 2.58. The van der Waals surface area contributed by atoms with Crippen molar-refractivity contribution in [2.24, 2.45) is 0 Å². The predicted molar refractivity (Wildman–Crippen MR) is 82.2 cm³/mol. The third-order valence-electron chi connectivity index (χ3n) is 3.82. The standard InChI is InChI=1S/C17H24O4/c1-3-4-5-6-7-8-9-13-10-11-14(16(18)19)15(12(13)2)17(20)21/h10-11H,3-9H2,1-2H3,(H,18,19)(H,20,21). The number of hydrogen-bond acceptors (Lipinski definition) is 2. The normalized spacial score (nSPS) is 10.6. The number of carboxylic acids is 2. The lowest BCUT2D eigenvalue weighted by Crippen LogP contribution is -2.12. The van der Waals surface area contributed by atoms with Crippen LogP contribution in [0.1, 0.15) is 77.3 Å². The smallest absolute Gasteiger partial charge is 0.336 e. The van der Waals surface area contributed by atoms with Crippen molar-refractivity contribution in [3.05, 3.63) is 34.4 Å². The van der Waals surface area contributed by atoms with E-state index in [1.807, 2.05) is 0 Å². The number of aromatic carboxylic acids is 2. The van der Waals surface area contributed by atoms with Gasteiger partial charge in [-0.3, -0.25) is 0 Å². The van der Waals surface area contributed by atoms with Crippen LogP contribution in [0.5, 0.6) is 0 Å². The first-order chi connectivity index (χ1) is 9.99. The molecule has 116 valence electrons. The fraction of sp³-hybridized carbons (Fsp3) is 0.529. The first kappa shape index (κ1) is 17.2. The summed E-state index contributed by atoms with van der Waals surface area (Å²) in [5, 5.41) is 18.3. The summed E-state index contributed by atoms with van der Waals surface area (Å²) in [5.41, 5.74) is 1.31. The summed E-state index contributed by atoms with van der Waals surface area (Å²) in [6.45, 7) is 3.88. The fourth-order valence-electron chi connectivity index (χ4n) is 2.58. The maximum Gasteiger partial charge on any atom is 0.336 e. The van der Waals surface area contributed by atoms with Crippen molar-refractivity contribution >= 4 is 11.9 Å². The molecule has 0 atom stereocenters. The third kappa shape index (κ3) is 4.88. The molecule has 0 radical (unpaired) electrons. The second kappa shape index (κ2) is 8.45. The van der Waals surface area contributed by atoms with Crippen LogP contribution < -0.4 is 0 Å². The predicted octanol–water partition coefficient (Wildman–Crippen LogP) is 4.29. The van der Waals surface area contributed by atoms with Crippen molar-refractivity contribution in [1.29, 1.82) is 0 Å². The molecule has 0 saturated heterocycles. The maximum atomic E-state index is 11.3. The van der Waals surface area contributed by atoms with Gasteiger partial charge in [0.15, 0.2) is 0 Å². The van der Waals surface area contributed by atoms with Gasteiger partial charge < -0.3 is 10.2 Å². The zero-order chi connectivity index (χ0) is 15.8. The first-order valence-corrected chi connectivity index (χ1v) is 7.58. The summed E-state index contributed by atoms with van der Waals surface area (Å²) >= 11 is 0. The highest BCUT2D eigenvalue weighted by Gasteiger charge is 2.20. The molecule has 21 heavy (non-hydrogen) atoms. The van der Waals surface area contributed by atoms with Gasteiger partial charge in [-0.05, 0) is 37.0 Å². The summed E-state index contributed by atoms with van der Waals surface area (Å²) in [6, 6.07) is 3.16. The Labute approximate surface area is 125 Å². The lowest BCUT2D eigenvalue weighted by Gasteiger charge is -2.11. The summed E-state index contributed by atoms with van der Waals surface area (Å²) in [6.07, 6.45) is 7.86. The van der Waals surface area contributed by atoms with E-state index >= 15 is 0 Å². The molecule has 1 rings (SSSR count). The van der Waals surface area contributed by atoms with Gasteiger partial charge >= 0.3 is 11.9 Å². The van der Waals surface area contributed by atoms with Crippen molar-refractivity contribution < 1.29 is 19.8 Å². The van der Waals surface area contributed by atoms with Crippen molar-refractivity contribution in [1.82, 2.24) is 0 Å². The first-order valence-electron chi connectivity index (χ1n) is 7.58. The van der Waals surface area contributed by atoms with E-state index in [0.29, 0.717) is 5.56 Å². The minimum atomic E-state index is -1.19. The van der Waals surface area contributed by atoms with E-state index < -0.39 is 11.9 Å². The van der Waals surface area contributed by atoms with Crippen molar-refractivity contribution in [2.75, 3.05) is 0 Å². The molecule has 0 bridgehead atoms. The van der Waals surface area contributed by atoms with Gasteiger partial charge in [0.1, 0.15) is 0 Å². The van der Waals surface area contributed by atoms with Gasteiger partial charge in [-0.25, -0.2) is 9.59 Å². The molecule has 0 amide bonds.